The van der Waals surface area contributed by atoms with Gasteiger partial charge >= 0.3 is 0 Å². The van der Waals surface area contributed by atoms with Gasteiger partial charge in [-0.2, -0.15) is 0 Å². The molecular weight excluding hydrogens is 258 g/mol. The quantitative estimate of drug-likeness (QED) is 0.739. The molecule has 0 radical (unpaired) electrons. The van der Waals surface area contributed by atoms with Crippen molar-refractivity contribution in [1.82, 2.24) is 10.6 Å². The number of anilines is 1. The third kappa shape index (κ3) is 4.52. The van der Waals surface area contributed by atoms with Crippen molar-refractivity contribution in [2.75, 3.05) is 11.9 Å². The summed E-state index contributed by atoms with van der Waals surface area (Å²) in [4.78, 5) is 11.6. The van der Waals surface area contributed by atoms with Crippen molar-refractivity contribution >= 4 is 28.9 Å². The molecule has 0 spiro atoms. The van der Waals surface area contributed by atoms with Gasteiger partial charge in [-0.1, -0.05) is 12.1 Å². The second kappa shape index (κ2) is 7.09. The van der Waals surface area contributed by atoms with Gasteiger partial charge in [-0.3, -0.25) is 4.79 Å². The zero-order chi connectivity index (χ0) is 14.4. The zero-order valence-corrected chi connectivity index (χ0v) is 12.6. The first kappa shape index (κ1) is 15.4. The van der Waals surface area contributed by atoms with E-state index in [2.05, 4.69) is 16.0 Å². The van der Waals surface area contributed by atoms with E-state index >= 15 is 0 Å². The molecule has 0 saturated carbocycles. The fourth-order valence-electron chi connectivity index (χ4n) is 1.63. The molecule has 0 unspecified atom stereocenters. The fraction of sp³-hybridized carbons (Fsp3) is 0.429. The molecule has 0 bridgehead atoms. The SMILES string of the molecule is CCNC(=O)[C@H](C)NC(=S)Nc1cccc(C)c1C. The second-order valence-electron chi connectivity index (χ2n) is 4.46. The molecule has 0 aliphatic rings. The van der Waals surface area contributed by atoms with Gasteiger partial charge in [-0.15, -0.1) is 0 Å². The average molecular weight is 279 g/mol. The highest BCUT2D eigenvalue weighted by Gasteiger charge is 2.13. The minimum absolute atomic E-state index is 0.0624. The third-order valence-electron chi connectivity index (χ3n) is 2.94. The molecule has 0 aliphatic heterocycles. The van der Waals surface area contributed by atoms with Crippen LogP contribution in [0.2, 0.25) is 0 Å². The summed E-state index contributed by atoms with van der Waals surface area (Å²) in [5.41, 5.74) is 3.31. The fourth-order valence-corrected chi connectivity index (χ4v) is 1.92. The van der Waals surface area contributed by atoms with Crippen LogP contribution in [0.1, 0.15) is 25.0 Å². The number of thiocarbonyl (C=S) groups is 1. The summed E-state index contributed by atoms with van der Waals surface area (Å²) < 4.78 is 0. The first-order valence-electron chi connectivity index (χ1n) is 6.37. The number of carbonyl (C=O) groups excluding carboxylic acids is 1. The van der Waals surface area contributed by atoms with Gasteiger partial charge in [0.25, 0.3) is 0 Å². The lowest BCUT2D eigenvalue weighted by atomic mass is 10.1. The van der Waals surface area contributed by atoms with E-state index in [1.165, 1.54) is 5.56 Å². The summed E-state index contributed by atoms with van der Waals surface area (Å²) in [6.07, 6.45) is 0. The molecule has 0 fully saturated rings. The summed E-state index contributed by atoms with van der Waals surface area (Å²) in [6, 6.07) is 5.63. The van der Waals surface area contributed by atoms with Crippen LogP contribution in [0.5, 0.6) is 0 Å². The molecular formula is C14H21N3OS. The van der Waals surface area contributed by atoms with E-state index in [0.717, 1.165) is 11.3 Å². The monoisotopic (exact) mass is 279 g/mol. The van der Waals surface area contributed by atoms with Crippen molar-refractivity contribution in [3.05, 3.63) is 29.3 Å². The first-order chi connectivity index (χ1) is 8.95. The number of rotatable bonds is 4. The minimum atomic E-state index is -0.356. The molecule has 0 aromatic heterocycles. The number of hydrogen-bond donors (Lipinski definition) is 3. The van der Waals surface area contributed by atoms with Gasteiger partial charge in [-0.25, -0.2) is 0 Å². The van der Waals surface area contributed by atoms with Crippen molar-refractivity contribution in [3.8, 4) is 0 Å². The van der Waals surface area contributed by atoms with E-state index in [0.29, 0.717) is 11.7 Å². The minimum Gasteiger partial charge on any atom is -0.355 e. The number of carbonyl (C=O) groups is 1. The van der Waals surface area contributed by atoms with Crippen LogP contribution >= 0.6 is 12.2 Å². The molecule has 0 aliphatic carbocycles. The van der Waals surface area contributed by atoms with Crippen LogP contribution in [0.25, 0.3) is 0 Å². The molecule has 104 valence electrons. The lowest BCUT2D eigenvalue weighted by Gasteiger charge is -2.17. The standard InChI is InChI=1S/C14H21N3OS/c1-5-15-13(18)11(4)16-14(19)17-12-8-6-7-9(2)10(12)3/h6-8,11H,5H2,1-4H3,(H,15,18)(H2,16,17,19)/t11-/m0/s1. The number of hydrogen-bond acceptors (Lipinski definition) is 2. The van der Waals surface area contributed by atoms with Gasteiger partial charge in [0.2, 0.25) is 5.91 Å². The van der Waals surface area contributed by atoms with Crippen LogP contribution in [0.4, 0.5) is 5.69 Å². The molecule has 1 aromatic carbocycles. The molecule has 5 heteroatoms. The number of aryl methyl sites for hydroxylation is 1. The Morgan fingerprint density at radius 3 is 2.68 bits per heavy atom. The highest BCUT2D eigenvalue weighted by Crippen LogP contribution is 2.17. The Bertz CT molecular complexity index is 474. The van der Waals surface area contributed by atoms with E-state index < -0.39 is 0 Å². The summed E-state index contributed by atoms with van der Waals surface area (Å²) in [5.74, 6) is -0.0624. The van der Waals surface area contributed by atoms with E-state index in [1.807, 2.05) is 39.0 Å². The second-order valence-corrected chi connectivity index (χ2v) is 4.87. The largest absolute Gasteiger partial charge is 0.355 e. The molecule has 1 amide bonds. The molecule has 1 atom stereocenters. The normalized spacial score (nSPS) is 11.6. The van der Waals surface area contributed by atoms with Crippen LogP contribution in [0, 0.1) is 13.8 Å². The van der Waals surface area contributed by atoms with Crippen LogP contribution in [-0.2, 0) is 4.79 Å². The van der Waals surface area contributed by atoms with Crippen LogP contribution in [-0.4, -0.2) is 23.6 Å². The number of likely N-dealkylation sites (N-methyl/N-ethyl adjacent to an activating group) is 1. The maximum Gasteiger partial charge on any atom is 0.242 e. The third-order valence-corrected chi connectivity index (χ3v) is 3.16. The van der Waals surface area contributed by atoms with Gasteiger partial charge in [0, 0.05) is 12.2 Å². The van der Waals surface area contributed by atoms with Crippen molar-refractivity contribution < 1.29 is 4.79 Å². The topological polar surface area (TPSA) is 53.2 Å². The lowest BCUT2D eigenvalue weighted by Crippen LogP contribution is -2.46. The molecule has 3 N–H and O–H groups in total. The van der Waals surface area contributed by atoms with Gasteiger partial charge in [0.1, 0.15) is 6.04 Å². The van der Waals surface area contributed by atoms with Crippen LogP contribution in [0.15, 0.2) is 18.2 Å². The Kier molecular flexibility index (Phi) is 5.76. The van der Waals surface area contributed by atoms with Crippen LogP contribution < -0.4 is 16.0 Å². The summed E-state index contributed by atoms with van der Waals surface area (Å²) in [6.45, 7) is 8.36. The highest BCUT2D eigenvalue weighted by molar-refractivity contribution is 7.80. The summed E-state index contributed by atoms with van der Waals surface area (Å²) in [7, 11) is 0. The highest BCUT2D eigenvalue weighted by atomic mass is 32.1. The van der Waals surface area contributed by atoms with Gasteiger partial charge in [0.15, 0.2) is 5.11 Å². The molecule has 0 heterocycles. The Morgan fingerprint density at radius 2 is 2.05 bits per heavy atom. The zero-order valence-electron chi connectivity index (χ0n) is 11.8. The predicted octanol–water partition coefficient (Wildman–Crippen LogP) is 2.11. The lowest BCUT2D eigenvalue weighted by molar-refractivity contribution is -0.122. The van der Waals surface area contributed by atoms with E-state index in [-0.39, 0.29) is 11.9 Å². The summed E-state index contributed by atoms with van der Waals surface area (Å²) >= 11 is 5.22. The molecule has 4 nitrogen and oxygen atoms in total. The summed E-state index contributed by atoms with van der Waals surface area (Å²) in [5, 5.41) is 9.28. The van der Waals surface area contributed by atoms with Crippen molar-refractivity contribution in [2.24, 2.45) is 0 Å². The van der Waals surface area contributed by atoms with Gasteiger partial charge in [0.05, 0.1) is 0 Å². The van der Waals surface area contributed by atoms with E-state index in [4.69, 9.17) is 12.2 Å². The van der Waals surface area contributed by atoms with Gasteiger partial charge < -0.3 is 16.0 Å². The maximum absolute atomic E-state index is 11.6. The van der Waals surface area contributed by atoms with Crippen LogP contribution in [0.3, 0.4) is 0 Å². The Labute approximate surface area is 120 Å². The van der Waals surface area contributed by atoms with Gasteiger partial charge in [-0.05, 0) is 57.1 Å². The average Bonchev–Trinajstić information content (AvgIpc) is 2.35. The maximum atomic E-state index is 11.6. The first-order valence-corrected chi connectivity index (χ1v) is 6.78. The molecule has 1 rings (SSSR count). The van der Waals surface area contributed by atoms with E-state index in [9.17, 15) is 4.79 Å². The molecule has 19 heavy (non-hydrogen) atoms. The Hall–Kier alpha value is -1.62. The smallest absolute Gasteiger partial charge is 0.242 e. The molecule has 0 saturated heterocycles. The molecule has 1 aromatic rings. The van der Waals surface area contributed by atoms with Crippen molar-refractivity contribution in [1.29, 1.82) is 0 Å². The van der Waals surface area contributed by atoms with E-state index in [1.54, 1.807) is 6.92 Å². The number of benzene rings is 1. The number of amides is 1. The predicted molar refractivity (Wildman–Crippen MR) is 83.4 cm³/mol. The van der Waals surface area contributed by atoms with Crippen molar-refractivity contribution in [2.45, 2.75) is 33.7 Å². The Morgan fingerprint density at radius 1 is 1.37 bits per heavy atom. The Balaban J connectivity index is 2.60. The number of nitrogens with one attached hydrogen (secondary N) is 3. The van der Waals surface area contributed by atoms with Crippen molar-refractivity contribution in [3.63, 3.8) is 0 Å².